The summed E-state index contributed by atoms with van der Waals surface area (Å²) in [6, 6.07) is 4.11. The van der Waals surface area contributed by atoms with Gasteiger partial charge in [0.25, 0.3) is 0 Å². The van der Waals surface area contributed by atoms with Gasteiger partial charge in [0.15, 0.2) is 5.84 Å². The molecular formula is C11H15FN2O2. The number of oxime groups is 1. The predicted molar refractivity (Wildman–Crippen MR) is 58.9 cm³/mol. The molecule has 0 saturated heterocycles. The van der Waals surface area contributed by atoms with Crippen molar-refractivity contribution in [1.29, 1.82) is 0 Å². The lowest BCUT2D eigenvalue weighted by Crippen LogP contribution is -2.16. The van der Waals surface area contributed by atoms with Crippen LogP contribution in [0.15, 0.2) is 23.4 Å². The van der Waals surface area contributed by atoms with Gasteiger partial charge in [-0.1, -0.05) is 18.1 Å². The second kappa shape index (κ2) is 6.07. The lowest BCUT2D eigenvalue weighted by molar-refractivity contribution is 0.121. The molecule has 1 aromatic rings. The summed E-state index contributed by atoms with van der Waals surface area (Å²) in [7, 11) is 0. The predicted octanol–water partition coefficient (Wildman–Crippen LogP) is 1.85. The van der Waals surface area contributed by atoms with E-state index >= 15 is 0 Å². The Morgan fingerprint density at radius 2 is 2.31 bits per heavy atom. The van der Waals surface area contributed by atoms with Crippen molar-refractivity contribution in [3.05, 3.63) is 35.1 Å². The van der Waals surface area contributed by atoms with Crippen molar-refractivity contribution in [3.63, 3.8) is 0 Å². The molecule has 88 valence electrons. The van der Waals surface area contributed by atoms with Gasteiger partial charge in [0.05, 0.1) is 6.61 Å². The van der Waals surface area contributed by atoms with Gasteiger partial charge in [-0.25, -0.2) is 4.39 Å². The Kier molecular flexibility index (Phi) is 4.72. The van der Waals surface area contributed by atoms with Crippen LogP contribution in [0.2, 0.25) is 0 Å². The van der Waals surface area contributed by atoms with Crippen LogP contribution in [-0.2, 0) is 11.3 Å². The molecule has 0 saturated carbocycles. The zero-order chi connectivity index (χ0) is 12.0. The van der Waals surface area contributed by atoms with Crippen LogP contribution in [0.1, 0.15) is 24.5 Å². The van der Waals surface area contributed by atoms with Gasteiger partial charge >= 0.3 is 0 Å². The minimum atomic E-state index is -0.430. The fourth-order valence-electron chi connectivity index (χ4n) is 1.29. The van der Waals surface area contributed by atoms with Crippen molar-refractivity contribution in [1.82, 2.24) is 0 Å². The van der Waals surface area contributed by atoms with Crippen molar-refractivity contribution in [2.24, 2.45) is 10.9 Å². The van der Waals surface area contributed by atoms with E-state index in [0.717, 1.165) is 6.42 Å². The molecule has 1 rings (SSSR count). The summed E-state index contributed by atoms with van der Waals surface area (Å²) in [6.07, 6.45) is 0.903. The first kappa shape index (κ1) is 12.4. The zero-order valence-electron chi connectivity index (χ0n) is 9.11. The molecule has 0 atom stereocenters. The van der Waals surface area contributed by atoms with E-state index in [1.54, 1.807) is 6.07 Å². The summed E-state index contributed by atoms with van der Waals surface area (Å²) in [5, 5.41) is 11.4. The molecule has 0 fully saturated rings. The van der Waals surface area contributed by atoms with Crippen LogP contribution in [0.3, 0.4) is 0 Å². The third kappa shape index (κ3) is 3.20. The average molecular weight is 226 g/mol. The van der Waals surface area contributed by atoms with Gasteiger partial charge in [-0.15, -0.1) is 0 Å². The maximum atomic E-state index is 13.0. The van der Waals surface area contributed by atoms with Crippen LogP contribution < -0.4 is 5.73 Å². The first-order chi connectivity index (χ1) is 7.69. The van der Waals surface area contributed by atoms with Crippen LogP contribution in [0.5, 0.6) is 0 Å². The molecule has 4 nitrogen and oxygen atoms in total. The van der Waals surface area contributed by atoms with Crippen LogP contribution in [0, 0.1) is 5.82 Å². The average Bonchev–Trinajstić information content (AvgIpc) is 2.30. The van der Waals surface area contributed by atoms with Crippen molar-refractivity contribution in [2.75, 3.05) is 6.61 Å². The molecule has 16 heavy (non-hydrogen) atoms. The van der Waals surface area contributed by atoms with E-state index in [1.807, 2.05) is 6.92 Å². The van der Waals surface area contributed by atoms with Crippen molar-refractivity contribution in [3.8, 4) is 0 Å². The summed E-state index contributed by atoms with van der Waals surface area (Å²) >= 11 is 0. The third-order valence-corrected chi connectivity index (χ3v) is 2.06. The van der Waals surface area contributed by atoms with E-state index in [1.165, 1.54) is 12.1 Å². The molecule has 0 aromatic heterocycles. The van der Waals surface area contributed by atoms with Gasteiger partial charge in [-0.05, 0) is 24.1 Å². The largest absolute Gasteiger partial charge is 0.409 e. The molecule has 0 spiro atoms. The van der Waals surface area contributed by atoms with Gasteiger partial charge in [-0.3, -0.25) is 0 Å². The molecule has 0 aliphatic rings. The molecule has 0 bridgehead atoms. The van der Waals surface area contributed by atoms with Gasteiger partial charge in [0, 0.05) is 12.2 Å². The van der Waals surface area contributed by atoms with Crippen LogP contribution >= 0.6 is 0 Å². The second-order valence-corrected chi connectivity index (χ2v) is 3.34. The lowest BCUT2D eigenvalue weighted by Gasteiger charge is -2.08. The normalized spacial score (nSPS) is 11.8. The smallest absolute Gasteiger partial charge is 0.170 e. The molecule has 0 amide bonds. The highest BCUT2D eigenvalue weighted by Gasteiger charge is 2.08. The number of amidine groups is 1. The molecule has 0 aliphatic carbocycles. The Morgan fingerprint density at radius 1 is 1.56 bits per heavy atom. The fraction of sp³-hybridized carbons (Fsp3) is 0.364. The summed E-state index contributed by atoms with van der Waals surface area (Å²) in [6.45, 7) is 2.93. The second-order valence-electron chi connectivity index (χ2n) is 3.34. The highest BCUT2D eigenvalue weighted by Crippen LogP contribution is 2.12. The van der Waals surface area contributed by atoms with E-state index in [0.29, 0.717) is 24.3 Å². The number of hydrogen-bond donors (Lipinski definition) is 2. The Bertz CT molecular complexity index is 380. The molecule has 1 aromatic carbocycles. The standard InChI is InChI=1S/C11H15FN2O2/c1-2-5-16-7-8-3-4-9(12)6-10(8)11(13)14-15/h3-4,6,15H,2,5,7H2,1H3,(H2,13,14). The van der Waals surface area contributed by atoms with Gasteiger partial charge in [0.2, 0.25) is 0 Å². The summed E-state index contributed by atoms with van der Waals surface area (Å²) in [5.41, 5.74) is 6.51. The monoisotopic (exact) mass is 226 g/mol. The Balaban J connectivity index is 2.89. The minimum absolute atomic E-state index is 0.116. The Labute approximate surface area is 93.5 Å². The molecule has 0 aliphatic heterocycles. The van der Waals surface area contributed by atoms with E-state index in [-0.39, 0.29) is 5.84 Å². The fourth-order valence-corrected chi connectivity index (χ4v) is 1.29. The molecule has 0 unspecified atom stereocenters. The van der Waals surface area contributed by atoms with E-state index < -0.39 is 5.82 Å². The van der Waals surface area contributed by atoms with Crippen molar-refractivity contribution < 1.29 is 14.3 Å². The first-order valence-corrected chi connectivity index (χ1v) is 5.03. The number of halogens is 1. The number of benzene rings is 1. The highest BCUT2D eigenvalue weighted by atomic mass is 19.1. The number of nitrogens with zero attached hydrogens (tertiary/aromatic N) is 1. The summed E-state index contributed by atoms with van der Waals surface area (Å²) < 4.78 is 18.3. The van der Waals surface area contributed by atoms with Crippen LogP contribution in [0.25, 0.3) is 0 Å². The lowest BCUT2D eigenvalue weighted by atomic mass is 10.1. The maximum absolute atomic E-state index is 13.0. The van der Waals surface area contributed by atoms with Crippen LogP contribution in [0.4, 0.5) is 4.39 Å². The maximum Gasteiger partial charge on any atom is 0.170 e. The minimum Gasteiger partial charge on any atom is -0.409 e. The number of ether oxygens (including phenoxy) is 1. The van der Waals surface area contributed by atoms with Crippen LogP contribution in [-0.4, -0.2) is 17.6 Å². The van der Waals surface area contributed by atoms with E-state index in [9.17, 15) is 4.39 Å². The van der Waals surface area contributed by atoms with E-state index in [4.69, 9.17) is 15.7 Å². The van der Waals surface area contributed by atoms with Gasteiger partial charge in [0.1, 0.15) is 5.82 Å². The van der Waals surface area contributed by atoms with Gasteiger partial charge in [-0.2, -0.15) is 0 Å². The molecule has 0 heterocycles. The third-order valence-electron chi connectivity index (χ3n) is 2.06. The quantitative estimate of drug-likeness (QED) is 0.265. The van der Waals surface area contributed by atoms with Crippen molar-refractivity contribution >= 4 is 5.84 Å². The number of rotatable bonds is 5. The zero-order valence-corrected chi connectivity index (χ0v) is 9.11. The Morgan fingerprint density at radius 3 is 2.94 bits per heavy atom. The van der Waals surface area contributed by atoms with E-state index in [2.05, 4.69) is 5.16 Å². The molecule has 0 radical (unpaired) electrons. The summed E-state index contributed by atoms with van der Waals surface area (Å²) in [4.78, 5) is 0. The molecule has 5 heteroatoms. The molecular weight excluding hydrogens is 211 g/mol. The summed E-state index contributed by atoms with van der Waals surface area (Å²) in [5.74, 6) is -0.546. The highest BCUT2D eigenvalue weighted by molar-refractivity contribution is 5.98. The number of nitrogens with two attached hydrogens (primary N) is 1. The number of hydrogen-bond acceptors (Lipinski definition) is 3. The topological polar surface area (TPSA) is 67.8 Å². The molecule has 3 N–H and O–H groups in total. The SMILES string of the molecule is CCCOCc1ccc(F)cc1C(N)=NO. The van der Waals surface area contributed by atoms with Crippen molar-refractivity contribution in [2.45, 2.75) is 20.0 Å². The van der Waals surface area contributed by atoms with Gasteiger partial charge < -0.3 is 15.7 Å². The first-order valence-electron chi connectivity index (χ1n) is 5.03. The Hall–Kier alpha value is -1.62.